The maximum Gasteiger partial charge on any atom is 0.338 e. The number of rotatable bonds is 7. The molecule has 4 aliphatic carbocycles. The van der Waals surface area contributed by atoms with Crippen molar-refractivity contribution in [3.05, 3.63) is 29.8 Å². The zero-order valence-electron chi connectivity index (χ0n) is 15.1. The summed E-state index contributed by atoms with van der Waals surface area (Å²) in [6.07, 6.45) is 7.31. The number of esters is 1. The van der Waals surface area contributed by atoms with Crippen molar-refractivity contribution < 1.29 is 14.6 Å². The van der Waals surface area contributed by atoms with E-state index in [4.69, 9.17) is 16.3 Å². The van der Waals surface area contributed by atoms with E-state index in [-0.39, 0.29) is 17.3 Å². The Hall–Kier alpha value is -1.26. The predicted molar refractivity (Wildman–Crippen MR) is 103 cm³/mol. The van der Waals surface area contributed by atoms with Gasteiger partial charge in [-0.3, -0.25) is 0 Å². The van der Waals surface area contributed by atoms with E-state index in [0.29, 0.717) is 18.7 Å². The maximum atomic E-state index is 12.6. The quantitative estimate of drug-likeness (QED) is 0.555. The first-order valence-corrected chi connectivity index (χ1v) is 10.3. The predicted octanol–water partition coefficient (Wildman–Crippen LogP) is 4.07. The van der Waals surface area contributed by atoms with Crippen LogP contribution in [0.5, 0.6) is 0 Å². The van der Waals surface area contributed by atoms with Crippen LogP contribution in [0.25, 0.3) is 0 Å². The smallest absolute Gasteiger partial charge is 0.338 e. The molecule has 0 spiro atoms. The SMILES string of the molecule is O=C(OCC12CC3CC(CC(C3)C1)C2)c1cccc(NCC(O)CCl)c1. The number of aliphatic hydroxyl groups is 1. The highest BCUT2D eigenvalue weighted by Gasteiger charge is 2.51. The third-order valence-electron chi connectivity index (χ3n) is 6.49. The van der Waals surface area contributed by atoms with Crippen LogP contribution in [0.3, 0.4) is 0 Å². The highest BCUT2D eigenvalue weighted by atomic mass is 35.5. The number of anilines is 1. The number of hydrogen-bond acceptors (Lipinski definition) is 4. The van der Waals surface area contributed by atoms with Crippen molar-refractivity contribution in [2.45, 2.75) is 44.6 Å². The van der Waals surface area contributed by atoms with Crippen LogP contribution in [0.15, 0.2) is 24.3 Å². The number of benzene rings is 1. The second kappa shape index (κ2) is 7.40. The molecule has 4 nitrogen and oxygen atoms in total. The summed E-state index contributed by atoms with van der Waals surface area (Å²) in [5.74, 6) is 2.52. The fourth-order valence-corrected chi connectivity index (χ4v) is 5.92. The highest BCUT2D eigenvalue weighted by molar-refractivity contribution is 6.18. The van der Waals surface area contributed by atoms with Crippen LogP contribution in [0.1, 0.15) is 48.9 Å². The number of hydrogen-bond donors (Lipinski definition) is 2. The minimum atomic E-state index is -0.608. The zero-order chi connectivity index (χ0) is 18.1. The Kier molecular flexibility index (Phi) is 5.15. The number of nitrogens with one attached hydrogen (secondary N) is 1. The largest absolute Gasteiger partial charge is 0.462 e. The van der Waals surface area contributed by atoms with Crippen molar-refractivity contribution >= 4 is 23.3 Å². The summed E-state index contributed by atoms with van der Waals surface area (Å²) in [7, 11) is 0. The van der Waals surface area contributed by atoms with E-state index in [1.165, 1.54) is 38.5 Å². The minimum absolute atomic E-state index is 0.180. The number of carbonyl (C=O) groups excluding carboxylic acids is 1. The molecule has 142 valence electrons. The van der Waals surface area contributed by atoms with Crippen LogP contribution in [0, 0.1) is 23.2 Å². The van der Waals surface area contributed by atoms with Gasteiger partial charge in [0.05, 0.1) is 24.2 Å². The van der Waals surface area contributed by atoms with Gasteiger partial charge in [-0.1, -0.05) is 6.07 Å². The molecule has 5 heteroatoms. The fraction of sp³-hybridized carbons (Fsp3) is 0.667. The van der Waals surface area contributed by atoms with Gasteiger partial charge in [0.25, 0.3) is 0 Å². The molecule has 0 amide bonds. The Morgan fingerprint density at radius 2 is 1.88 bits per heavy atom. The van der Waals surface area contributed by atoms with Gasteiger partial charge in [0.2, 0.25) is 0 Å². The first-order valence-electron chi connectivity index (χ1n) is 9.80. The van der Waals surface area contributed by atoms with Crippen LogP contribution in [-0.2, 0) is 4.74 Å². The number of halogens is 1. The summed E-state index contributed by atoms with van der Waals surface area (Å²) in [4.78, 5) is 12.6. The van der Waals surface area contributed by atoms with Crippen LogP contribution in [0.2, 0.25) is 0 Å². The van der Waals surface area contributed by atoms with E-state index in [9.17, 15) is 9.90 Å². The van der Waals surface area contributed by atoms with Crippen molar-refractivity contribution in [1.29, 1.82) is 0 Å². The molecule has 1 unspecified atom stereocenters. The van der Waals surface area contributed by atoms with Crippen LogP contribution >= 0.6 is 11.6 Å². The van der Waals surface area contributed by atoms with E-state index in [2.05, 4.69) is 5.32 Å². The standard InChI is InChI=1S/C21H28ClNO3/c22-11-19(24)12-23-18-3-1-2-17(7-18)20(25)26-13-21-8-14-4-15(9-21)6-16(5-14)10-21/h1-3,7,14-16,19,23-24H,4-6,8-13H2. The number of carbonyl (C=O) groups is 1. The number of aliphatic hydroxyl groups excluding tert-OH is 1. The zero-order valence-corrected chi connectivity index (χ0v) is 15.9. The molecule has 0 radical (unpaired) electrons. The van der Waals surface area contributed by atoms with Crippen LogP contribution in [0.4, 0.5) is 5.69 Å². The van der Waals surface area contributed by atoms with Crippen molar-refractivity contribution in [1.82, 2.24) is 0 Å². The summed E-state index contributed by atoms with van der Waals surface area (Å²) in [6.45, 7) is 0.924. The molecule has 0 heterocycles. The van der Waals surface area contributed by atoms with E-state index in [0.717, 1.165) is 23.4 Å². The van der Waals surface area contributed by atoms with Gasteiger partial charge in [0.15, 0.2) is 0 Å². The first-order chi connectivity index (χ1) is 12.5. The lowest BCUT2D eigenvalue weighted by Gasteiger charge is -2.56. The molecule has 5 rings (SSSR count). The third-order valence-corrected chi connectivity index (χ3v) is 6.85. The molecule has 26 heavy (non-hydrogen) atoms. The molecule has 1 aromatic carbocycles. The van der Waals surface area contributed by atoms with Gasteiger partial charge in [-0.2, -0.15) is 0 Å². The fourth-order valence-electron chi connectivity index (χ4n) is 5.82. The Labute approximate surface area is 160 Å². The van der Waals surface area contributed by atoms with E-state index in [1.807, 2.05) is 12.1 Å². The van der Waals surface area contributed by atoms with Gasteiger partial charge in [0.1, 0.15) is 0 Å². The van der Waals surface area contributed by atoms with Gasteiger partial charge in [0, 0.05) is 17.6 Å². The second-order valence-corrected chi connectivity index (χ2v) is 9.07. The molecule has 0 aliphatic heterocycles. The average Bonchev–Trinajstić information content (AvgIpc) is 2.63. The van der Waals surface area contributed by atoms with Gasteiger partial charge in [-0.25, -0.2) is 4.79 Å². The normalized spacial score (nSPS) is 33.1. The molecule has 0 aromatic heterocycles. The monoisotopic (exact) mass is 377 g/mol. The molecule has 2 N–H and O–H groups in total. The van der Waals surface area contributed by atoms with Gasteiger partial charge in [-0.15, -0.1) is 11.6 Å². The summed E-state index contributed by atoms with van der Waals surface area (Å²) < 4.78 is 5.78. The second-order valence-electron chi connectivity index (χ2n) is 8.76. The van der Waals surface area contributed by atoms with E-state index in [1.54, 1.807) is 12.1 Å². The molecular formula is C21H28ClNO3. The van der Waals surface area contributed by atoms with Gasteiger partial charge < -0.3 is 15.2 Å². The van der Waals surface area contributed by atoms with Crippen LogP contribution in [-0.4, -0.2) is 36.2 Å². The molecule has 0 saturated heterocycles. The average molecular weight is 378 g/mol. The van der Waals surface area contributed by atoms with E-state index < -0.39 is 6.10 Å². The van der Waals surface area contributed by atoms with Crippen molar-refractivity contribution in [2.75, 3.05) is 24.3 Å². The molecule has 4 aliphatic rings. The minimum Gasteiger partial charge on any atom is -0.462 e. The summed E-state index contributed by atoms with van der Waals surface area (Å²) in [5.41, 5.74) is 1.59. The topological polar surface area (TPSA) is 58.6 Å². The van der Waals surface area contributed by atoms with Gasteiger partial charge in [-0.05, 0) is 74.5 Å². The lowest BCUT2D eigenvalue weighted by Crippen LogP contribution is -2.48. The Bertz CT molecular complexity index is 627. The molecule has 4 saturated carbocycles. The first kappa shape index (κ1) is 18.1. The summed E-state index contributed by atoms with van der Waals surface area (Å²) >= 11 is 5.61. The Morgan fingerprint density at radius 3 is 2.50 bits per heavy atom. The molecule has 4 fully saturated rings. The highest BCUT2D eigenvalue weighted by Crippen LogP contribution is 2.60. The number of alkyl halides is 1. The third kappa shape index (κ3) is 3.86. The molecular weight excluding hydrogens is 350 g/mol. The summed E-state index contributed by atoms with van der Waals surface area (Å²) in [6, 6.07) is 7.27. The lowest BCUT2D eigenvalue weighted by atomic mass is 9.50. The lowest BCUT2D eigenvalue weighted by molar-refractivity contribution is -0.0848. The van der Waals surface area contributed by atoms with E-state index >= 15 is 0 Å². The number of ether oxygens (including phenoxy) is 1. The Morgan fingerprint density at radius 1 is 1.23 bits per heavy atom. The maximum absolute atomic E-state index is 12.6. The van der Waals surface area contributed by atoms with Crippen LogP contribution < -0.4 is 5.32 Å². The van der Waals surface area contributed by atoms with Crippen molar-refractivity contribution in [3.63, 3.8) is 0 Å². The molecule has 1 aromatic rings. The van der Waals surface area contributed by atoms with Crippen molar-refractivity contribution in [2.24, 2.45) is 23.2 Å². The Balaban J connectivity index is 1.35. The summed E-state index contributed by atoms with van der Waals surface area (Å²) in [5, 5.41) is 12.6. The molecule has 4 bridgehead atoms. The molecule has 1 atom stereocenters. The van der Waals surface area contributed by atoms with Gasteiger partial charge >= 0.3 is 5.97 Å². The van der Waals surface area contributed by atoms with Crippen molar-refractivity contribution in [3.8, 4) is 0 Å².